The van der Waals surface area contributed by atoms with Crippen LogP contribution in [0.15, 0.2) is 12.1 Å². The van der Waals surface area contributed by atoms with Crippen molar-refractivity contribution in [2.24, 2.45) is 0 Å². The van der Waals surface area contributed by atoms with Crippen molar-refractivity contribution in [1.29, 1.82) is 0 Å². The van der Waals surface area contributed by atoms with Crippen molar-refractivity contribution in [1.82, 2.24) is 9.88 Å². The fraction of sp³-hybridized carbons (Fsp3) is 0.706. The molecule has 0 saturated carbocycles. The Labute approximate surface area is 139 Å². The topological polar surface area (TPSA) is 63.8 Å². The Morgan fingerprint density at radius 2 is 1.91 bits per heavy atom. The van der Waals surface area contributed by atoms with E-state index in [0.29, 0.717) is 18.2 Å². The summed E-state index contributed by atoms with van der Waals surface area (Å²) in [6, 6.07) is 3.74. The van der Waals surface area contributed by atoms with E-state index in [0.717, 1.165) is 64.6 Å². The molecule has 6 nitrogen and oxygen atoms in total. The number of hydrogen-bond donors (Lipinski definition) is 1. The van der Waals surface area contributed by atoms with Crippen LogP contribution in [-0.2, 0) is 4.74 Å². The molecule has 1 aliphatic heterocycles. The van der Waals surface area contributed by atoms with Crippen LogP contribution in [0.4, 0.5) is 11.5 Å². The highest BCUT2D eigenvalue weighted by Gasteiger charge is 2.12. The molecule has 0 unspecified atom stereocenters. The van der Waals surface area contributed by atoms with Gasteiger partial charge in [-0.05, 0) is 12.8 Å². The minimum absolute atomic E-state index is 0.616. The van der Waals surface area contributed by atoms with Gasteiger partial charge in [-0.15, -0.1) is 0 Å². The summed E-state index contributed by atoms with van der Waals surface area (Å²) in [5.41, 5.74) is 6.73. The molecule has 0 atom stereocenters. The second kappa shape index (κ2) is 9.57. The first-order valence-corrected chi connectivity index (χ1v) is 8.68. The molecule has 6 heteroatoms. The van der Waals surface area contributed by atoms with Gasteiger partial charge in [0, 0.05) is 50.5 Å². The molecule has 1 aromatic heterocycles. The highest BCUT2D eigenvalue weighted by molar-refractivity contribution is 5.53. The molecule has 2 N–H and O–H groups in total. The van der Waals surface area contributed by atoms with Gasteiger partial charge in [0.2, 0.25) is 5.88 Å². The summed E-state index contributed by atoms with van der Waals surface area (Å²) in [6.07, 6.45) is 2.17. The molecule has 23 heavy (non-hydrogen) atoms. The van der Waals surface area contributed by atoms with Crippen LogP contribution >= 0.6 is 0 Å². The molecule has 130 valence electrons. The Hall–Kier alpha value is -1.53. The van der Waals surface area contributed by atoms with Gasteiger partial charge in [-0.3, -0.25) is 4.90 Å². The maximum absolute atomic E-state index is 6.03. The molecule has 0 radical (unpaired) electrons. The number of nitrogen functional groups attached to an aromatic ring is 1. The van der Waals surface area contributed by atoms with Crippen molar-refractivity contribution in [3.8, 4) is 5.88 Å². The maximum Gasteiger partial charge on any atom is 0.217 e. The van der Waals surface area contributed by atoms with Crippen molar-refractivity contribution in [2.75, 3.05) is 63.2 Å². The predicted octanol–water partition coefficient (Wildman–Crippen LogP) is 2.00. The Kier molecular flexibility index (Phi) is 7.42. The van der Waals surface area contributed by atoms with E-state index in [1.54, 1.807) is 6.07 Å². The van der Waals surface area contributed by atoms with Crippen molar-refractivity contribution >= 4 is 11.5 Å². The van der Waals surface area contributed by atoms with E-state index in [1.165, 1.54) is 0 Å². The van der Waals surface area contributed by atoms with Crippen LogP contribution in [0.5, 0.6) is 5.88 Å². The van der Waals surface area contributed by atoms with Crippen molar-refractivity contribution < 1.29 is 9.47 Å². The van der Waals surface area contributed by atoms with E-state index in [2.05, 4.69) is 28.6 Å². The second-order valence-corrected chi connectivity index (χ2v) is 5.89. The molecule has 1 aromatic rings. The first kappa shape index (κ1) is 17.8. The number of nitrogens with zero attached hydrogens (tertiary/aromatic N) is 3. The summed E-state index contributed by atoms with van der Waals surface area (Å²) >= 11 is 0. The molecular formula is C17H30N4O2. The molecule has 1 saturated heterocycles. The summed E-state index contributed by atoms with van der Waals surface area (Å²) in [6.45, 7) is 11.4. The van der Waals surface area contributed by atoms with Crippen LogP contribution in [0.2, 0.25) is 0 Å². The third-order valence-corrected chi connectivity index (χ3v) is 3.88. The average molecular weight is 322 g/mol. The number of hydrogen-bond acceptors (Lipinski definition) is 6. The number of rotatable bonds is 9. The first-order valence-electron chi connectivity index (χ1n) is 8.68. The highest BCUT2D eigenvalue weighted by atomic mass is 16.5. The van der Waals surface area contributed by atoms with Gasteiger partial charge in [0.1, 0.15) is 12.4 Å². The van der Waals surface area contributed by atoms with Crippen molar-refractivity contribution in [3.63, 3.8) is 0 Å². The molecule has 0 aliphatic carbocycles. The summed E-state index contributed by atoms with van der Waals surface area (Å²) in [5.74, 6) is 1.53. The third-order valence-electron chi connectivity index (χ3n) is 3.88. The molecule has 0 amide bonds. The number of morpholine rings is 1. The SMILES string of the molecule is CCCN(CCC)c1cc(N)cc(OCCN2CCOCC2)n1. The fourth-order valence-corrected chi connectivity index (χ4v) is 2.73. The van der Waals surface area contributed by atoms with Gasteiger partial charge in [-0.25, -0.2) is 0 Å². The predicted molar refractivity (Wildman–Crippen MR) is 94.2 cm³/mol. The Morgan fingerprint density at radius 1 is 1.22 bits per heavy atom. The minimum atomic E-state index is 0.616. The van der Waals surface area contributed by atoms with Crippen molar-refractivity contribution in [3.05, 3.63) is 12.1 Å². The lowest BCUT2D eigenvalue weighted by Gasteiger charge is -2.26. The number of ether oxygens (including phenoxy) is 2. The number of nitrogens with two attached hydrogens (primary N) is 1. The van der Waals surface area contributed by atoms with E-state index in [-0.39, 0.29) is 0 Å². The zero-order valence-corrected chi connectivity index (χ0v) is 14.5. The second-order valence-electron chi connectivity index (χ2n) is 5.89. The summed E-state index contributed by atoms with van der Waals surface area (Å²) in [7, 11) is 0. The molecule has 2 heterocycles. The zero-order chi connectivity index (χ0) is 16.5. The lowest BCUT2D eigenvalue weighted by Crippen LogP contribution is -2.38. The number of pyridine rings is 1. The Bertz CT molecular complexity index is 458. The monoisotopic (exact) mass is 322 g/mol. The van der Waals surface area contributed by atoms with Crippen LogP contribution in [-0.4, -0.2) is 62.4 Å². The zero-order valence-electron chi connectivity index (χ0n) is 14.5. The molecular weight excluding hydrogens is 292 g/mol. The van der Waals surface area contributed by atoms with Gasteiger partial charge >= 0.3 is 0 Å². The normalized spacial score (nSPS) is 15.6. The summed E-state index contributed by atoms with van der Waals surface area (Å²) in [5, 5.41) is 0. The van der Waals surface area contributed by atoms with Gasteiger partial charge in [-0.1, -0.05) is 13.8 Å². The molecule has 1 fully saturated rings. The van der Waals surface area contributed by atoms with Crippen molar-refractivity contribution in [2.45, 2.75) is 26.7 Å². The van der Waals surface area contributed by atoms with E-state index >= 15 is 0 Å². The van der Waals surface area contributed by atoms with Gasteiger partial charge < -0.3 is 20.1 Å². The quantitative estimate of drug-likeness (QED) is 0.750. The standard InChI is InChI=1S/C17H30N4O2/c1-3-5-21(6-4-2)16-13-15(18)14-17(19-16)23-12-9-20-7-10-22-11-8-20/h13-14H,3-12H2,1-2H3,(H2,18,19). The Balaban J connectivity index is 1.92. The van der Waals surface area contributed by atoms with Crippen LogP contribution in [0, 0.1) is 0 Å². The van der Waals surface area contributed by atoms with Gasteiger partial charge in [0.25, 0.3) is 0 Å². The highest BCUT2D eigenvalue weighted by Crippen LogP contribution is 2.21. The first-order chi connectivity index (χ1) is 11.2. The molecule has 1 aliphatic rings. The van der Waals surface area contributed by atoms with Gasteiger partial charge in [-0.2, -0.15) is 4.98 Å². The average Bonchev–Trinajstić information content (AvgIpc) is 2.55. The summed E-state index contributed by atoms with van der Waals surface area (Å²) < 4.78 is 11.2. The van der Waals surface area contributed by atoms with Crippen LogP contribution < -0.4 is 15.4 Å². The summed E-state index contributed by atoms with van der Waals surface area (Å²) in [4.78, 5) is 9.25. The van der Waals surface area contributed by atoms with Crippen LogP contribution in [0.3, 0.4) is 0 Å². The smallest absolute Gasteiger partial charge is 0.217 e. The van der Waals surface area contributed by atoms with Crippen LogP contribution in [0.25, 0.3) is 0 Å². The third kappa shape index (κ3) is 5.88. The van der Waals surface area contributed by atoms with Crippen LogP contribution in [0.1, 0.15) is 26.7 Å². The van der Waals surface area contributed by atoms with E-state index in [9.17, 15) is 0 Å². The van der Waals surface area contributed by atoms with E-state index in [4.69, 9.17) is 15.2 Å². The lowest BCUT2D eigenvalue weighted by atomic mass is 10.3. The number of anilines is 2. The van der Waals surface area contributed by atoms with E-state index in [1.807, 2.05) is 6.07 Å². The largest absolute Gasteiger partial charge is 0.476 e. The molecule has 0 aromatic carbocycles. The Morgan fingerprint density at radius 3 is 2.57 bits per heavy atom. The van der Waals surface area contributed by atoms with E-state index < -0.39 is 0 Å². The molecule has 0 bridgehead atoms. The minimum Gasteiger partial charge on any atom is -0.476 e. The van der Waals surface area contributed by atoms with Gasteiger partial charge in [0.15, 0.2) is 0 Å². The molecule has 0 spiro atoms. The lowest BCUT2D eigenvalue weighted by molar-refractivity contribution is 0.0320. The van der Waals surface area contributed by atoms with Gasteiger partial charge in [0.05, 0.1) is 13.2 Å². The molecule has 2 rings (SSSR count). The fourth-order valence-electron chi connectivity index (χ4n) is 2.73. The number of aromatic nitrogens is 1. The maximum atomic E-state index is 6.03.